The molecule has 0 radical (unpaired) electrons. The van der Waals surface area contributed by atoms with Crippen molar-refractivity contribution in [2.24, 2.45) is 28.2 Å². The molecule has 0 saturated heterocycles. The van der Waals surface area contributed by atoms with Gasteiger partial charge in [-0.05, 0) is 36.0 Å². The zero-order valence-electron chi connectivity index (χ0n) is 9.79. The van der Waals surface area contributed by atoms with Crippen LogP contribution in [0.2, 0.25) is 0 Å². The standard InChI is InChI=1S/C10H18O.CH4N2O/c1-9(2)7-4-5-10(9,3)8(11)6-7;2-1(3)4/h7-8,11H,4-6H2,1-3H3;(H4,2,3,4)/t7-,8+,10-;/m1./s1. The van der Waals surface area contributed by atoms with Gasteiger partial charge in [-0.1, -0.05) is 20.8 Å². The van der Waals surface area contributed by atoms with Gasteiger partial charge >= 0.3 is 6.03 Å². The van der Waals surface area contributed by atoms with Gasteiger partial charge in [0, 0.05) is 0 Å². The van der Waals surface area contributed by atoms with Crippen molar-refractivity contribution in [3.05, 3.63) is 0 Å². The van der Waals surface area contributed by atoms with E-state index in [1.54, 1.807) is 0 Å². The minimum atomic E-state index is -0.833. The van der Waals surface area contributed by atoms with Crippen LogP contribution < -0.4 is 11.5 Å². The lowest BCUT2D eigenvalue weighted by Gasteiger charge is -2.36. The first-order valence-corrected chi connectivity index (χ1v) is 5.45. The summed E-state index contributed by atoms with van der Waals surface area (Å²) in [5, 5.41) is 9.81. The fourth-order valence-electron chi connectivity index (χ4n) is 3.16. The van der Waals surface area contributed by atoms with Gasteiger partial charge in [-0.25, -0.2) is 4.79 Å². The summed E-state index contributed by atoms with van der Waals surface area (Å²) >= 11 is 0. The Hall–Kier alpha value is -0.770. The second-order valence-corrected chi connectivity index (χ2v) is 5.53. The molecule has 2 bridgehead atoms. The quantitative estimate of drug-likeness (QED) is 0.566. The summed E-state index contributed by atoms with van der Waals surface area (Å²) in [7, 11) is 0. The van der Waals surface area contributed by atoms with Crippen LogP contribution in [0.5, 0.6) is 0 Å². The number of carbonyl (C=O) groups excluding carboxylic acids is 1. The number of urea groups is 1. The molecule has 15 heavy (non-hydrogen) atoms. The number of carbonyl (C=O) groups is 1. The van der Waals surface area contributed by atoms with Crippen molar-refractivity contribution in [2.75, 3.05) is 0 Å². The normalized spacial score (nSPS) is 40.8. The maximum Gasteiger partial charge on any atom is 0.309 e. The number of primary amides is 2. The molecular weight excluding hydrogens is 192 g/mol. The number of aliphatic hydroxyl groups is 1. The molecule has 0 heterocycles. The number of hydrogen-bond acceptors (Lipinski definition) is 2. The lowest BCUT2D eigenvalue weighted by atomic mass is 9.70. The van der Waals surface area contributed by atoms with Crippen LogP contribution in [-0.2, 0) is 0 Å². The number of nitrogens with two attached hydrogens (primary N) is 2. The lowest BCUT2D eigenvalue weighted by molar-refractivity contribution is 0.0126. The molecule has 2 amide bonds. The molecule has 4 nitrogen and oxygen atoms in total. The van der Waals surface area contributed by atoms with E-state index in [0.29, 0.717) is 5.41 Å². The Morgan fingerprint density at radius 2 is 1.80 bits per heavy atom. The number of hydrogen-bond donors (Lipinski definition) is 3. The SMILES string of the molecule is CC1(C)[C@@H]2CC[C@]1(C)[C@@H](O)C2.NC(N)=O. The van der Waals surface area contributed by atoms with Gasteiger partial charge < -0.3 is 16.6 Å². The third-order valence-electron chi connectivity index (χ3n) is 4.75. The van der Waals surface area contributed by atoms with Gasteiger partial charge in [-0.2, -0.15) is 0 Å². The van der Waals surface area contributed by atoms with Gasteiger partial charge in [0.25, 0.3) is 0 Å². The van der Waals surface area contributed by atoms with E-state index in [4.69, 9.17) is 4.79 Å². The van der Waals surface area contributed by atoms with Crippen molar-refractivity contribution >= 4 is 6.03 Å². The van der Waals surface area contributed by atoms with E-state index < -0.39 is 6.03 Å². The smallest absolute Gasteiger partial charge is 0.309 e. The van der Waals surface area contributed by atoms with Crippen LogP contribution in [0.25, 0.3) is 0 Å². The van der Waals surface area contributed by atoms with Crippen LogP contribution in [-0.4, -0.2) is 17.2 Å². The Labute approximate surface area is 91.0 Å². The predicted molar refractivity (Wildman–Crippen MR) is 59.0 cm³/mol. The number of aliphatic hydroxyl groups excluding tert-OH is 1. The van der Waals surface area contributed by atoms with Crippen molar-refractivity contribution in [1.29, 1.82) is 0 Å². The minimum Gasteiger partial charge on any atom is -0.393 e. The monoisotopic (exact) mass is 214 g/mol. The molecule has 0 aromatic rings. The van der Waals surface area contributed by atoms with Crippen molar-refractivity contribution < 1.29 is 9.90 Å². The zero-order valence-corrected chi connectivity index (χ0v) is 9.79. The summed E-state index contributed by atoms with van der Waals surface area (Å²) in [5.74, 6) is 0.780. The molecule has 3 atom stereocenters. The molecule has 5 N–H and O–H groups in total. The van der Waals surface area contributed by atoms with Crippen LogP contribution >= 0.6 is 0 Å². The van der Waals surface area contributed by atoms with Gasteiger partial charge in [-0.3, -0.25) is 0 Å². The molecule has 2 fully saturated rings. The van der Waals surface area contributed by atoms with E-state index in [1.165, 1.54) is 12.8 Å². The highest BCUT2D eigenvalue weighted by molar-refractivity contribution is 5.69. The van der Waals surface area contributed by atoms with Crippen LogP contribution in [0.3, 0.4) is 0 Å². The van der Waals surface area contributed by atoms with Crippen LogP contribution in [0.1, 0.15) is 40.0 Å². The third kappa shape index (κ3) is 1.83. The van der Waals surface area contributed by atoms with Gasteiger partial charge in [-0.15, -0.1) is 0 Å². The highest BCUT2D eigenvalue weighted by atomic mass is 16.3. The van der Waals surface area contributed by atoms with E-state index in [9.17, 15) is 5.11 Å². The fourth-order valence-corrected chi connectivity index (χ4v) is 3.16. The van der Waals surface area contributed by atoms with E-state index in [0.717, 1.165) is 12.3 Å². The summed E-state index contributed by atoms with van der Waals surface area (Å²) in [6.45, 7) is 6.90. The minimum absolute atomic E-state index is 0.0313. The van der Waals surface area contributed by atoms with Gasteiger partial charge in [0.05, 0.1) is 6.10 Å². The molecule has 0 unspecified atom stereocenters. The average molecular weight is 214 g/mol. The Morgan fingerprint density at radius 1 is 1.33 bits per heavy atom. The van der Waals surface area contributed by atoms with Crippen molar-refractivity contribution in [1.82, 2.24) is 0 Å². The zero-order chi connectivity index (χ0) is 11.9. The molecule has 0 aliphatic heterocycles. The van der Waals surface area contributed by atoms with Gasteiger partial charge in [0.15, 0.2) is 0 Å². The molecular formula is C11H22N2O2. The topological polar surface area (TPSA) is 89.3 Å². The molecule has 0 spiro atoms. The van der Waals surface area contributed by atoms with Crippen LogP contribution in [0, 0.1) is 16.7 Å². The number of fused-ring (bicyclic) bond motifs is 2. The van der Waals surface area contributed by atoms with Crippen molar-refractivity contribution in [2.45, 2.75) is 46.1 Å². The second-order valence-electron chi connectivity index (χ2n) is 5.53. The Bertz CT molecular complexity index is 261. The van der Waals surface area contributed by atoms with Crippen LogP contribution in [0.15, 0.2) is 0 Å². The van der Waals surface area contributed by atoms with Crippen molar-refractivity contribution in [3.8, 4) is 0 Å². The second kappa shape index (κ2) is 3.67. The highest BCUT2D eigenvalue weighted by Crippen LogP contribution is 2.65. The van der Waals surface area contributed by atoms with Gasteiger partial charge in [0.1, 0.15) is 0 Å². The molecule has 2 aliphatic rings. The molecule has 2 rings (SSSR count). The lowest BCUT2D eigenvalue weighted by Crippen LogP contribution is -2.35. The fraction of sp³-hybridized carbons (Fsp3) is 0.909. The van der Waals surface area contributed by atoms with Gasteiger partial charge in [0.2, 0.25) is 0 Å². The molecule has 0 aromatic carbocycles. The molecule has 2 aliphatic carbocycles. The highest BCUT2D eigenvalue weighted by Gasteiger charge is 2.60. The maximum atomic E-state index is 9.81. The number of amides is 2. The summed E-state index contributed by atoms with van der Waals surface area (Å²) < 4.78 is 0. The predicted octanol–water partition coefficient (Wildman–Crippen LogP) is 1.22. The largest absolute Gasteiger partial charge is 0.393 e. The maximum absolute atomic E-state index is 9.81. The molecule has 4 heteroatoms. The average Bonchev–Trinajstić information content (AvgIpc) is 2.36. The summed E-state index contributed by atoms with van der Waals surface area (Å²) in [6, 6.07) is -0.833. The molecule has 88 valence electrons. The van der Waals surface area contributed by atoms with Crippen molar-refractivity contribution in [3.63, 3.8) is 0 Å². The summed E-state index contributed by atoms with van der Waals surface area (Å²) in [6.07, 6.45) is 3.58. The Kier molecular flexibility index (Phi) is 3.01. The first kappa shape index (κ1) is 12.3. The Balaban J connectivity index is 0.000000245. The van der Waals surface area contributed by atoms with E-state index in [2.05, 4.69) is 32.2 Å². The summed E-state index contributed by atoms with van der Waals surface area (Å²) in [4.78, 5) is 9.00. The summed E-state index contributed by atoms with van der Waals surface area (Å²) in [5.41, 5.74) is 9.10. The first-order valence-electron chi connectivity index (χ1n) is 5.45. The van der Waals surface area contributed by atoms with Crippen LogP contribution in [0.4, 0.5) is 4.79 Å². The molecule has 2 saturated carbocycles. The Morgan fingerprint density at radius 3 is 1.93 bits per heavy atom. The van der Waals surface area contributed by atoms with E-state index >= 15 is 0 Å². The molecule has 0 aromatic heterocycles. The number of rotatable bonds is 0. The van der Waals surface area contributed by atoms with E-state index in [-0.39, 0.29) is 11.5 Å². The first-order chi connectivity index (χ1) is 6.72. The third-order valence-corrected chi connectivity index (χ3v) is 4.75. The van der Waals surface area contributed by atoms with E-state index in [1.807, 2.05) is 0 Å².